The van der Waals surface area contributed by atoms with Gasteiger partial charge in [0, 0.05) is 18.8 Å². The number of nitrogens with one attached hydrogen (secondary N) is 1. The topological polar surface area (TPSA) is 68.3 Å². The van der Waals surface area contributed by atoms with Gasteiger partial charge in [0.2, 0.25) is 0 Å². The van der Waals surface area contributed by atoms with Crippen LogP contribution in [0.2, 0.25) is 5.02 Å². The normalized spacial score (nSPS) is 11.6. The van der Waals surface area contributed by atoms with Crippen molar-refractivity contribution in [3.05, 3.63) is 64.7 Å². The predicted molar refractivity (Wildman–Crippen MR) is 82.6 cm³/mol. The van der Waals surface area contributed by atoms with Gasteiger partial charge < -0.3 is 10.1 Å². The third-order valence-corrected chi connectivity index (χ3v) is 3.46. The molecule has 0 fully saturated rings. The van der Waals surface area contributed by atoms with Crippen molar-refractivity contribution in [1.82, 2.24) is 10.3 Å². The summed E-state index contributed by atoms with van der Waals surface area (Å²) in [4.78, 5) is 27.9. The van der Waals surface area contributed by atoms with Gasteiger partial charge in [-0.1, -0.05) is 23.7 Å². The van der Waals surface area contributed by atoms with E-state index in [-0.39, 0.29) is 22.8 Å². The fourth-order valence-electron chi connectivity index (χ4n) is 1.99. The minimum atomic E-state index is -0.915. The second-order valence-electron chi connectivity index (χ2n) is 4.74. The fraction of sp³-hybridized carbons (Fsp3) is 0.188. The SMILES string of the molecule is COC(=O)[C@@H](Cc1ccc(F)cc1)NC(=O)c1ccncc1Cl. The van der Waals surface area contributed by atoms with E-state index in [9.17, 15) is 14.0 Å². The van der Waals surface area contributed by atoms with Gasteiger partial charge in [0.15, 0.2) is 0 Å². The lowest BCUT2D eigenvalue weighted by molar-refractivity contribution is -0.142. The Morgan fingerprint density at radius 1 is 1.30 bits per heavy atom. The second kappa shape index (κ2) is 7.69. The molecule has 1 aromatic carbocycles. The first-order chi connectivity index (χ1) is 11.0. The maximum atomic E-state index is 12.9. The van der Waals surface area contributed by atoms with E-state index >= 15 is 0 Å². The van der Waals surface area contributed by atoms with Gasteiger partial charge in [0.05, 0.1) is 17.7 Å². The molecule has 1 heterocycles. The summed E-state index contributed by atoms with van der Waals surface area (Å²) >= 11 is 5.91. The molecule has 0 radical (unpaired) electrons. The van der Waals surface area contributed by atoms with Crippen molar-refractivity contribution in [2.45, 2.75) is 12.5 Å². The Balaban J connectivity index is 2.15. The first-order valence-corrected chi connectivity index (χ1v) is 7.11. The average Bonchev–Trinajstić information content (AvgIpc) is 2.55. The molecule has 1 aromatic heterocycles. The number of hydrogen-bond acceptors (Lipinski definition) is 4. The standard InChI is InChI=1S/C16H14ClFN2O3/c1-23-16(22)14(8-10-2-4-11(18)5-3-10)20-15(21)12-6-7-19-9-13(12)17/h2-7,9,14H,8H2,1H3,(H,20,21)/t14-/m1/s1. The van der Waals surface area contributed by atoms with Crippen molar-refractivity contribution in [2.24, 2.45) is 0 Å². The average molecular weight is 337 g/mol. The lowest BCUT2D eigenvalue weighted by atomic mass is 10.1. The zero-order valence-corrected chi connectivity index (χ0v) is 13.0. The number of halogens is 2. The largest absolute Gasteiger partial charge is 0.467 e. The van der Waals surface area contributed by atoms with Crippen LogP contribution in [0.4, 0.5) is 4.39 Å². The third-order valence-electron chi connectivity index (χ3n) is 3.16. The number of carbonyl (C=O) groups is 2. The fourth-order valence-corrected chi connectivity index (χ4v) is 2.19. The Morgan fingerprint density at radius 3 is 2.61 bits per heavy atom. The maximum Gasteiger partial charge on any atom is 0.328 e. The number of nitrogens with zero attached hydrogens (tertiary/aromatic N) is 1. The highest BCUT2D eigenvalue weighted by atomic mass is 35.5. The number of rotatable bonds is 5. The van der Waals surface area contributed by atoms with Gasteiger partial charge >= 0.3 is 5.97 Å². The molecule has 1 atom stereocenters. The van der Waals surface area contributed by atoms with Crippen LogP contribution in [0.5, 0.6) is 0 Å². The molecule has 0 aliphatic rings. The molecule has 1 N–H and O–H groups in total. The van der Waals surface area contributed by atoms with Crippen LogP contribution in [0.15, 0.2) is 42.7 Å². The van der Waals surface area contributed by atoms with Crippen LogP contribution in [-0.4, -0.2) is 30.0 Å². The molecule has 2 rings (SSSR count). The Morgan fingerprint density at radius 2 is 2.00 bits per heavy atom. The lowest BCUT2D eigenvalue weighted by Gasteiger charge is -2.17. The number of carbonyl (C=O) groups excluding carboxylic acids is 2. The third kappa shape index (κ3) is 4.50. The van der Waals surface area contributed by atoms with E-state index < -0.39 is 17.9 Å². The highest BCUT2D eigenvalue weighted by Gasteiger charge is 2.23. The van der Waals surface area contributed by atoms with Crippen LogP contribution in [0.25, 0.3) is 0 Å². The first kappa shape index (κ1) is 16.9. The Hall–Kier alpha value is -2.47. The number of ether oxygens (including phenoxy) is 1. The smallest absolute Gasteiger partial charge is 0.328 e. The maximum absolute atomic E-state index is 12.9. The van der Waals surface area contributed by atoms with Crippen LogP contribution in [0.1, 0.15) is 15.9 Å². The molecule has 0 unspecified atom stereocenters. The number of amides is 1. The van der Waals surface area contributed by atoms with Gasteiger partial charge in [-0.25, -0.2) is 9.18 Å². The summed E-state index contributed by atoms with van der Waals surface area (Å²) in [5.74, 6) is -1.50. The van der Waals surface area contributed by atoms with Gasteiger partial charge in [-0.3, -0.25) is 9.78 Å². The van der Waals surface area contributed by atoms with Crippen LogP contribution < -0.4 is 5.32 Å². The highest BCUT2D eigenvalue weighted by molar-refractivity contribution is 6.33. The number of benzene rings is 1. The van der Waals surface area contributed by atoms with Crippen molar-refractivity contribution >= 4 is 23.5 Å². The van der Waals surface area contributed by atoms with Crippen molar-refractivity contribution < 1.29 is 18.7 Å². The van der Waals surface area contributed by atoms with Gasteiger partial charge in [-0.05, 0) is 23.8 Å². The molecule has 23 heavy (non-hydrogen) atoms. The van der Waals surface area contributed by atoms with E-state index in [1.165, 1.54) is 49.8 Å². The van der Waals surface area contributed by atoms with Gasteiger partial charge in [0.1, 0.15) is 11.9 Å². The molecule has 0 saturated heterocycles. The summed E-state index contributed by atoms with van der Waals surface area (Å²) in [6.07, 6.45) is 2.93. The zero-order valence-electron chi connectivity index (χ0n) is 12.3. The summed E-state index contributed by atoms with van der Waals surface area (Å²) in [7, 11) is 1.23. The van der Waals surface area contributed by atoms with E-state index in [0.717, 1.165) is 0 Å². The van der Waals surface area contributed by atoms with Gasteiger partial charge in [-0.15, -0.1) is 0 Å². The van der Waals surface area contributed by atoms with E-state index in [1.807, 2.05) is 0 Å². The molecule has 1 amide bonds. The molecule has 5 nitrogen and oxygen atoms in total. The number of esters is 1. The number of aromatic nitrogens is 1. The number of methoxy groups -OCH3 is 1. The molecule has 0 aliphatic heterocycles. The quantitative estimate of drug-likeness (QED) is 0.851. The van der Waals surface area contributed by atoms with E-state index in [2.05, 4.69) is 10.3 Å². The molecule has 7 heteroatoms. The van der Waals surface area contributed by atoms with Gasteiger partial charge in [0.25, 0.3) is 5.91 Å². The lowest BCUT2D eigenvalue weighted by Crippen LogP contribution is -2.43. The predicted octanol–water partition coefficient (Wildman–Crippen LogP) is 2.39. The highest BCUT2D eigenvalue weighted by Crippen LogP contribution is 2.14. The number of pyridine rings is 1. The second-order valence-corrected chi connectivity index (χ2v) is 5.14. The minimum Gasteiger partial charge on any atom is -0.467 e. The molecule has 0 saturated carbocycles. The Kier molecular flexibility index (Phi) is 5.65. The first-order valence-electron chi connectivity index (χ1n) is 6.74. The molecular formula is C16H14ClFN2O3. The molecular weight excluding hydrogens is 323 g/mol. The van der Waals surface area contributed by atoms with Crippen LogP contribution >= 0.6 is 11.6 Å². The summed E-state index contributed by atoms with van der Waals surface area (Å²) in [6.45, 7) is 0. The minimum absolute atomic E-state index is 0.168. The van der Waals surface area contributed by atoms with Crippen molar-refractivity contribution in [3.63, 3.8) is 0 Å². The van der Waals surface area contributed by atoms with Crippen molar-refractivity contribution in [1.29, 1.82) is 0 Å². The molecule has 2 aromatic rings. The molecule has 0 spiro atoms. The van der Waals surface area contributed by atoms with Crippen molar-refractivity contribution in [3.8, 4) is 0 Å². The van der Waals surface area contributed by atoms with E-state index in [0.29, 0.717) is 5.56 Å². The molecule has 120 valence electrons. The van der Waals surface area contributed by atoms with Crippen LogP contribution in [-0.2, 0) is 16.0 Å². The monoisotopic (exact) mass is 336 g/mol. The van der Waals surface area contributed by atoms with Gasteiger partial charge in [-0.2, -0.15) is 0 Å². The van der Waals surface area contributed by atoms with Crippen LogP contribution in [0.3, 0.4) is 0 Å². The Bertz CT molecular complexity index is 707. The number of hydrogen-bond donors (Lipinski definition) is 1. The zero-order chi connectivity index (χ0) is 16.8. The summed E-state index contributed by atoms with van der Waals surface area (Å²) in [6, 6.07) is 6.18. The Labute approximate surface area is 137 Å². The summed E-state index contributed by atoms with van der Waals surface area (Å²) in [5, 5.41) is 2.74. The molecule has 0 bridgehead atoms. The molecule has 0 aliphatic carbocycles. The summed E-state index contributed by atoms with van der Waals surface area (Å²) < 4.78 is 17.6. The summed E-state index contributed by atoms with van der Waals surface area (Å²) in [5.41, 5.74) is 0.887. The van der Waals surface area contributed by atoms with Crippen molar-refractivity contribution in [2.75, 3.05) is 7.11 Å². The van der Waals surface area contributed by atoms with E-state index in [1.54, 1.807) is 0 Å². The van der Waals surface area contributed by atoms with E-state index in [4.69, 9.17) is 16.3 Å². The van der Waals surface area contributed by atoms with Crippen LogP contribution in [0, 0.1) is 5.82 Å².